The molecule has 7 heteroatoms. The smallest absolute Gasteiger partial charge is 0.339 e. The highest BCUT2D eigenvalue weighted by atomic mass is 16.5. The Labute approximate surface area is 162 Å². The normalized spacial score (nSPS) is 10.2. The number of hydrogen-bond acceptors (Lipinski definition) is 6. The number of ether oxygens (including phenoxy) is 1. The molecule has 0 saturated heterocycles. The Morgan fingerprint density at radius 3 is 2.54 bits per heavy atom. The van der Waals surface area contributed by atoms with Gasteiger partial charge in [0.2, 0.25) is 5.95 Å². The van der Waals surface area contributed by atoms with Crippen LogP contribution < -0.4 is 10.6 Å². The number of anilines is 2. The molecule has 1 heterocycles. The van der Waals surface area contributed by atoms with Gasteiger partial charge in [0.15, 0.2) is 0 Å². The average molecular weight is 376 g/mol. The highest BCUT2D eigenvalue weighted by molar-refractivity contribution is 5.96. The molecule has 142 valence electrons. The molecule has 0 unspecified atom stereocenters. The minimum atomic E-state index is -0.477. The van der Waals surface area contributed by atoms with E-state index in [-0.39, 0.29) is 17.5 Å². The molecule has 2 N–H and O–H groups in total. The summed E-state index contributed by atoms with van der Waals surface area (Å²) in [5.74, 6) is -0.582. The fourth-order valence-electron chi connectivity index (χ4n) is 2.52. The van der Waals surface area contributed by atoms with Crippen LogP contribution in [0, 0.1) is 6.92 Å². The van der Waals surface area contributed by atoms with Crippen molar-refractivity contribution < 1.29 is 14.3 Å². The third-order valence-corrected chi connectivity index (χ3v) is 4.04. The van der Waals surface area contributed by atoms with Gasteiger partial charge in [-0.3, -0.25) is 4.79 Å². The van der Waals surface area contributed by atoms with Gasteiger partial charge >= 0.3 is 5.97 Å². The molecular formula is C21H20N4O3. The summed E-state index contributed by atoms with van der Waals surface area (Å²) in [6.45, 7) is 2.41. The van der Waals surface area contributed by atoms with Gasteiger partial charge in [-0.25, -0.2) is 14.8 Å². The summed E-state index contributed by atoms with van der Waals surface area (Å²) < 4.78 is 4.77. The van der Waals surface area contributed by atoms with Gasteiger partial charge in [-0.1, -0.05) is 42.0 Å². The number of carbonyl (C=O) groups excluding carboxylic acids is 2. The second-order valence-electron chi connectivity index (χ2n) is 6.10. The maximum atomic E-state index is 12.4. The van der Waals surface area contributed by atoms with Gasteiger partial charge in [-0.2, -0.15) is 0 Å². The molecule has 0 saturated carbocycles. The minimum Gasteiger partial charge on any atom is -0.465 e. The Hall–Kier alpha value is -3.74. The zero-order valence-electron chi connectivity index (χ0n) is 15.6. The first-order chi connectivity index (χ1) is 13.6. The predicted molar refractivity (Wildman–Crippen MR) is 105 cm³/mol. The SMILES string of the molecule is COC(=O)c1ccccc1Nc1nccc(C(=O)NCc2ccc(C)cc2)n1. The van der Waals surface area contributed by atoms with Crippen molar-refractivity contribution in [3.05, 3.63) is 83.2 Å². The summed E-state index contributed by atoms with van der Waals surface area (Å²) in [7, 11) is 1.31. The lowest BCUT2D eigenvalue weighted by Crippen LogP contribution is -2.24. The highest BCUT2D eigenvalue weighted by Gasteiger charge is 2.13. The zero-order valence-corrected chi connectivity index (χ0v) is 15.6. The monoisotopic (exact) mass is 376 g/mol. The van der Waals surface area contributed by atoms with Crippen molar-refractivity contribution >= 4 is 23.5 Å². The largest absolute Gasteiger partial charge is 0.465 e. The minimum absolute atomic E-state index is 0.208. The predicted octanol–water partition coefficient (Wildman–Crippen LogP) is 3.25. The van der Waals surface area contributed by atoms with E-state index in [4.69, 9.17) is 4.74 Å². The standard InChI is InChI=1S/C21H20N4O3/c1-14-7-9-15(10-8-14)13-23-19(26)18-11-12-22-21(25-18)24-17-6-4-3-5-16(17)20(27)28-2/h3-12H,13H2,1-2H3,(H,23,26)(H,22,24,25). The van der Waals surface area contributed by atoms with Crippen molar-refractivity contribution in [2.75, 3.05) is 12.4 Å². The first-order valence-electron chi connectivity index (χ1n) is 8.68. The summed E-state index contributed by atoms with van der Waals surface area (Å²) in [5.41, 5.74) is 3.22. The summed E-state index contributed by atoms with van der Waals surface area (Å²) in [6.07, 6.45) is 1.48. The van der Waals surface area contributed by atoms with Crippen LogP contribution in [0.4, 0.5) is 11.6 Å². The van der Waals surface area contributed by atoms with E-state index < -0.39 is 5.97 Å². The molecule has 1 amide bonds. The number of nitrogens with one attached hydrogen (secondary N) is 2. The number of aryl methyl sites for hydroxylation is 1. The third-order valence-electron chi connectivity index (χ3n) is 4.04. The van der Waals surface area contributed by atoms with E-state index >= 15 is 0 Å². The Morgan fingerprint density at radius 1 is 1.04 bits per heavy atom. The molecule has 7 nitrogen and oxygen atoms in total. The van der Waals surface area contributed by atoms with Gasteiger partial charge in [0.1, 0.15) is 5.69 Å². The molecule has 0 fully saturated rings. The van der Waals surface area contributed by atoms with Gasteiger partial charge in [0.25, 0.3) is 5.91 Å². The number of amides is 1. The molecule has 0 aliphatic rings. The highest BCUT2D eigenvalue weighted by Crippen LogP contribution is 2.19. The topological polar surface area (TPSA) is 93.2 Å². The van der Waals surface area contributed by atoms with Crippen LogP contribution in [0.3, 0.4) is 0 Å². The van der Waals surface area contributed by atoms with Crippen molar-refractivity contribution in [3.8, 4) is 0 Å². The lowest BCUT2D eigenvalue weighted by molar-refractivity contribution is 0.0601. The Balaban J connectivity index is 1.71. The molecule has 3 rings (SSSR count). The number of nitrogens with zero attached hydrogens (tertiary/aromatic N) is 2. The lowest BCUT2D eigenvalue weighted by Gasteiger charge is -2.10. The van der Waals surface area contributed by atoms with Gasteiger partial charge in [0, 0.05) is 12.7 Å². The van der Waals surface area contributed by atoms with Crippen LogP contribution >= 0.6 is 0 Å². The number of aromatic nitrogens is 2. The number of methoxy groups -OCH3 is 1. The summed E-state index contributed by atoms with van der Waals surface area (Å²) in [4.78, 5) is 32.6. The van der Waals surface area contributed by atoms with E-state index in [1.54, 1.807) is 24.3 Å². The molecule has 0 aliphatic carbocycles. The van der Waals surface area contributed by atoms with Gasteiger partial charge in [-0.05, 0) is 30.7 Å². The van der Waals surface area contributed by atoms with Gasteiger partial charge in [0.05, 0.1) is 18.4 Å². The fraction of sp³-hybridized carbons (Fsp3) is 0.143. The molecule has 0 atom stereocenters. The van der Waals surface area contributed by atoms with E-state index in [0.717, 1.165) is 11.1 Å². The molecule has 28 heavy (non-hydrogen) atoms. The number of rotatable bonds is 6. The maximum absolute atomic E-state index is 12.4. The Kier molecular flexibility index (Phi) is 5.96. The van der Waals surface area contributed by atoms with Crippen LogP contribution in [-0.2, 0) is 11.3 Å². The third kappa shape index (κ3) is 4.70. The zero-order chi connectivity index (χ0) is 19.9. The van der Waals surface area contributed by atoms with E-state index in [1.807, 2.05) is 31.2 Å². The van der Waals surface area contributed by atoms with Crippen molar-refractivity contribution in [3.63, 3.8) is 0 Å². The van der Waals surface area contributed by atoms with Crippen LogP contribution in [0.15, 0.2) is 60.8 Å². The molecule has 0 aliphatic heterocycles. The van der Waals surface area contributed by atoms with Crippen LogP contribution in [0.25, 0.3) is 0 Å². The Bertz CT molecular complexity index is 987. The number of para-hydroxylation sites is 1. The van der Waals surface area contributed by atoms with Crippen LogP contribution in [0.2, 0.25) is 0 Å². The number of carbonyl (C=O) groups is 2. The van der Waals surface area contributed by atoms with Crippen LogP contribution in [0.1, 0.15) is 32.0 Å². The average Bonchev–Trinajstić information content (AvgIpc) is 2.73. The summed E-state index contributed by atoms with van der Waals surface area (Å²) in [5, 5.41) is 5.79. The summed E-state index contributed by atoms with van der Waals surface area (Å²) in [6, 6.07) is 16.3. The van der Waals surface area contributed by atoms with Crippen molar-refractivity contribution in [2.45, 2.75) is 13.5 Å². The quantitative estimate of drug-likeness (QED) is 0.642. The summed E-state index contributed by atoms with van der Waals surface area (Å²) >= 11 is 0. The second kappa shape index (κ2) is 8.77. The molecule has 0 bridgehead atoms. The molecule has 0 spiro atoms. The van der Waals surface area contributed by atoms with Crippen molar-refractivity contribution in [1.82, 2.24) is 15.3 Å². The fourth-order valence-corrected chi connectivity index (χ4v) is 2.52. The lowest BCUT2D eigenvalue weighted by atomic mass is 10.1. The van der Waals surface area contributed by atoms with Crippen molar-refractivity contribution in [1.29, 1.82) is 0 Å². The van der Waals surface area contributed by atoms with E-state index in [2.05, 4.69) is 20.6 Å². The maximum Gasteiger partial charge on any atom is 0.339 e. The van der Waals surface area contributed by atoms with Crippen LogP contribution in [-0.4, -0.2) is 29.0 Å². The molecule has 2 aromatic carbocycles. The second-order valence-corrected chi connectivity index (χ2v) is 6.10. The van der Waals surface area contributed by atoms with E-state index in [0.29, 0.717) is 17.8 Å². The molecule has 1 aromatic heterocycles. The number of esters is 1. The Morgan fingerprint density at radius 2 is 1.79 bits per heavy atom. The number of hydrogen-bond donors (Lipinski definition) is 2. The first-order valence-corrected chi connectivity index (χ1v) is 8.68. The first kappa shape index (κ1) is 19.0. The van der Waals surface area contributed by atoms with Gasteiger partial charge < -0.3 is 15.4 Å². The van der Waals surface area contributed by atoms with Crippen molar-refractivity contribution in [2.24, 2.45) is 0 Å². The van der Waals surface area contributed by atoms with Crippen LogP contribution in [0.5, 0.6) is 0 Å². The van der Waals surface area contributed by atoms with E-state index in [1.165, 1.54) is 19.4 Å². The number of benzene rings is 2. The molecule has 3 aromatic rings. The van der Waals surface area contributed by atoms with Gasteiger partial charge in [-0.15, -0.1) is 0 Å². The molecule has 0 radical (unpaired) electrons. The molecular weight excluding hydrogens is 356 g/mol. The van der Waals surface area contributed by atoms with E-state index in [9.17, 15) is 9.59 Å².